The standard InChI is InChI=1S/C16H15ClFNO/c17-14-7-6-11(8-15(14)18)16(12-9-19-10-12)20-13-4-2-1-3-5-13/h1-8,12,16,19H,9-10H2/t16-/m0/s1. The first-order valence-corrected chi connectivity index (χ1v) is 6.99. The average molecular weight is 292 g/mol. The zero-order valence-corrected chi connectivity index (χ0v) is 11.6. The number of halogens is 2. The normalized spacial score (nSPS) is 16.5. The Morgan fingerprint density at radius 2 is 1.90 bits per heavy atom. The lowest BCUT2D eigenvalue weighted by atomic mass is 9.90. The fraction of sp³-hybridized carbons (Fsp3) is 0.250. The van der Waals surface area contributed by atoms with Gasteiger partial charge < -0.3 is 10.1 Å². The summed E-state index contributed by atoms with van der Waals surface area (Å²) >= 11 is 5.74. The van der Waals surface area contributed by atoms with E-state index in [-0.39, 0.29) is 11.1 Å². The Kier molecular flexibility index (Phi) is 3.90. The number of ether oxygens (including phenoxy) is 1. The van der Waals surface area contributed by atoms with Crippen LogP contribution in [0.4, 0.5) is 4.39 Å². The fourth-order valence-corrected chi connectivity index (χ4v) is 2.41. The summed E-state index contributed by atoms with van der Waals surface area (Å²) in [4.78, 5) is 0. The summed E-state index contributed by atoms with van der Waals surface area (Å²) in [6.45, 7) is 1.75. The van der Waals surface area contributed by atoms with Crippen molar-refractivity contribution < 1.29 is 9.13 Å². The smallest absolute Gasteiger partial charge is 0.142 e. The van der Waals surface area contributed by atoms with Gasteiger partial charge in [-0.1, -0.05) is 35.9 Å². The minimum absolute atomic E-state index is 0.138. The molecule has 20 heavy (non-hydrogen) atoms. The average Bonchev–Trinajstić information content (AvgIpc) is 2.40. The molecule has 0 spiro atoms. The van der Waals surface area contributed by atoms with Gasteiger partial charge in [-0.15, -0.1) is 0 Å². The first kappa shape index (κ1) is 13.4. The highest BCUT2D eigenvalue weighted by molar-refractivity contribution is 6.30. The molecule has 1 aliphatic heterocycles. The van der Waals surface area contributed by atoms with Crippen molar-refractivity contribution in [2.45, 2.75) is 6.10 Å². The van der Waals surface area contributed by atoms with Crippen molar-refractivity contribution >= 4 is 11.6 Å². The molecule has 1 N–H and O–H groups in total. The lowest BCUT2D eigenvalue weighted by molar-refractivity contribution is 0.0990. The molecule has 0 radical (unpaired) electrons. The Bertz CT molecular complexity index is 586. The van der Waals surface area contributed by atoms with E-state index in [9.17, 15) is 4.39 Å². The van der Waals surface area contributed by atoms with E-state index in [0.29, 0.717) is 5.92 Å². The Balaban J connectivity index is 1.87. The van der Waals surface area contributed by atoms with Crippen LogP contribution in [0.15, 0.2) is 48.5 Å². The van der Waals surface area contributed by atoms with Gasteiger partial charge in [0.1, 0.15) is 17.7 Å². The number of rotatable bonds is 4. The van der Waals surface area contributed by atoms with E-state index >= 15 is 0 Å². The molecule has 1 saturated heterocycles. The summed E-state index contributed by atoms with van der Waals surface area (Å²) in [5.41, 5.74) is 0.822. The molecule has 1 aliphatic rings. The summed E-state index contributed by atoms with van der Waals surface area (Å²) in [5, 5.41) is 3.36. The number of benzene rings is 2. The Morgan fingerprint density at radius 1 is 1.15 bits per heavy atom. The van der Waals surface area contributed by atoms with Gasteiger partial charge in [-0.25, -0.2) is 4.39 Å². The van der Waals surface area contributed by atoms with E-state index < -0.39 is 5.82 Å². The van der Waals surface area contributed by atoms with Crippen LogP contribution < -0.4 is 10.1 Å². The molecule has 3 rings (SSSR count). The Morgan fingerprint density at radius 3 is 2.50 bits per heavy atom. The molecule has 0 aliphatic carbocycles. The molecule has 1 heterocycles. The first-order chi connectivity index (χ1) is 9.74. The van der Waals surface area contributed by atoms with Crippen LogP contribution in [0.1, 0.15) is 11.7 Å². The van der Waals surface area contributed by atoms with Gasteiger partial charge >= 0.3 is 0 Å². The van der Waals surface area contributed by atoms with Gasteiger partial charge in [-0.2, -0.15) is 0 Å². The van der Waals surface area contributed by atoms with Gasteiger partial charge in [0, 0.05) is 19.0 Å². The summed E-state index contributed by atoms with van der Waals surface area (Å²) in [7, 11) is 0. The third kappa shape index (κ3) is 2.79. The van der Waals surface area contributed by atoms with Crippen LogP contribution in [0, 0.1) is 11.7 Å². The second-order valence-electron chi connectivity index (χ2n) is 4.94. The molecule has 0 saturated carbocycles. The quantitative estimate of drug-likeness (QED) is 0.925. The molecule has 2 aromatic carbocycles. The van der Waals surface area contributed by atoms with Crippen LogP contribution in [-0.2, 0) is 0 Å². The molecular formula is C16H15ClFNO. The minimum Gasteiger partial charge on any atom is -0.485 e. The third-order valence-corrected chi connectivity index (χ3v) is 3.83. The highest BCUT2D eigenvalue weighted by atomic mass is 35.5. The van der Waals surface area contributed by atoms with Crippen molar-refractivity contribution in [3.8, 4) is 5.75 Å². The second-order valence-corrected chi connectivity index (χ2v) is 5.35. The molecule has 1 fully saturated rings. The summed E-state index contributed by atoms with van der Waals surface area (Å²) < 4.78 is 19.7. The predicted molar refractivity (Wildman–Crippen MR) is 77.6 cm³/mol. The van der Waals surface area contributed by atoms with E-state index in [4.69, 9.17) is 16.3 Å². The van der Waals surface area contributed by atoms with E-state index in [1.165, 1.54) is 6.07 Å². The van der Waals surface area contributed by atoms with E-state index in [0.717, 1.165) is 24.4 Å². The maximum atomic E-state index is 13.7. The van der Waals surface area contributed by atoms with Crippen molar-refractivity contribution in [3.63, 3.8) is 0 Å². The number of para-hydroxylation sites is 1. The van der Waals surface area contributed by atoms with E-state index in [1.54, 1.807) is 6.07 Å². The minimum atomic E-state index is -0.405. The Labute approximate surface area is 122 Å². The van der Waals surface area contributed by atoms with Crippen molar-refractivity contribution in [1.82, 2.24) is 5.32 Å². The van der Waals surface area contributed by atoms with Crippen molar-refractivity contribution in [2.75, 3.05) is 13.1 Å². The zero-order valence-electron chi connectivity index (χ0n) is 10.9. The molecule has 104 valence electrons. The lowest BCUT2D eigenvalue weighted by Crippen LogP contribution is -2.46. The summed E-state index contributed by atoms with van der Waals surface area (Å²) in [6.07, 6.45) is -0.162. The van der Waals surface area contributed by atoms with Gasteiger partial charge in [0.05, 0.1) is 5.02 Å². The topological polar surface area (TPSA) is 21.3 Å². The van der Waals surface area contributed by atoms with Gasteiger partial charge in [0.25, 0.3) is 0 Å². The molecular weight excluding hydrogens is 277 g/mol. The monoisotopic (exact) mass is 291 g/mol. The molecule has 2 nitrogen and oxygen atoms in total. The summed E-state index contributed by atoms with van der Waals surface area (Å²) in [6, 6.07) is 14.5. The highest BCUT2D eigenvalue weighted by Gasteiger charge is 2.30. The molecule has 2 aromatic rings. The second kappa shape index (κ2) is 5.81. The molecule has 0 bridgehead atoms. The van der Waals surface area contributed by atoms with Crippen molar-refractivity contribution in [1.29, 1.82) is 0 Å². The number of hydrogen-bond donors (Lipinski definition) is 1. The molecule has 4 heteroatoms. The van der Waals surface area contributed by atoms with Gasteiger partial charge in [0.2, 0.25) is 0 Å². The number of hydrogen-bond acceptors (Lipinski definition) is 2. The number of nitrogens with one attached hydrogen (secondary N) is 1. The highest BCUT2D eigenvalue weighted by Crippen LogP contribution is 2.32. The summed E-state index contributed by atoms with van der Waals surface area (Å²) in [5.74, 6) is 0.730. The molecule has 0 aromatic heterocycles. The molecule has 0 amide bonds. The maximum Gasteiger partial charge on any atom is 0.142 e. The van der Waals surface area contributed by atoms with Gasteiger partial charge in [-0.05, 0) is 29.8 Å². The van der Waals surface area contributed by atoms with E-state index in [2.05, 4.69) is 5.32 Å². The van der Waals surface area contributed by atoms with Crippen molar-refractivity contribution in [3.05, 3.63) is 64.9 Å². The zero-order chi connectivity index (χ0) is 13.9. The lowest BCUT2D eigenvalue weighted by Gasteiger charge is -2.35. The van der Waals surface area contributed by atoms with Crippen LogP contribution in [-0.4, -0.2) is 13.1 Å². The molecule has 1 atom stereocenters. The van der Waals surface area contributed by atoms with Crippen LogP contribution >= 0.6 is 11.6 Å². The Hall–Kier alpha value is -1.58. The van der Waals surface area contributed by atoms with Crippen LogP contribution in [0.5, 0.6) is 5.75 Å². The molecule has 0 unspecified atom stereocenters. The fourth-order valence-electron chi connectivity index (χ4n) is 2.30. The van der Waals surface area contributed by atoms with Crippen LogP contribution in [0.3, 0.4) is 0 Å². The maximum absolute atomic E-state index is 13.7. The van der Waals surface area contributed by atoms with Crippen LogP contribution in [0.25, 0.3) is 0 Å². The largest absolute Gasteiger partial charge is 0.485 e. The SMILES string of the molecule is Fc1cc([C@H](Oc2ccccc2)C2CNC2)ccc1Cl. The van der Waals surface area contributed by atoms with Gasteiger partial charge in [0.15, 0.2) is 0 Å². The van der Waals surface area contributed by atoms with Crippen molar-refractivity contribution in [2.24, 2.45) is 5.92 Å². The van der Waals surface area contributed by atoms with Crippen LogP contribution in [0.2, 0.25) is 5.02 Å². The third-order valence-electron chi connectivity index (χ3n) is 3.52. The first-order valence-electron chi connectivity index (χ1n) is 6.61. The van der Waals surface area contributed by atoms with E-state index in [1.807, 2.05) is 36.4 Å². The van der Waals surface area contributed by atoms with Gasteiger partial charge in [-0.3, -0.25) is 0 Å². The predicted octanol–water partition coefficient (Wildman–Crippen LogP) is 3.82.